The van der Waals surface area contributed by atoms with Gasteiger partial charge in [0, 0.05) is 6.42 Å². The number of para-hydroxylation sites is 2. The van der Waals surface area contributed by atoms with Gasteiger partial charge in [-0.15, -0.1) is 6.58 Å². The Morgan fingerprint density at radius 3 is 2.29 bits per heavy atom. The minimum atomic E-state index is -3.91. The van der Waals surface area contributed by atoms with Crippen LogP contribution in [0.1, 0.15) is 74.1 Å². The summed E-state index contributed by atoms with van der Waals surface area (Å²) in [6, 6.07) is 4.94. The van der Waals surface area contributed by atoms with E-state index >= 15 is 0 Å². The van der Waals surface area contributed by atoms with Crippen molar-refractivity contribution in [3.05, 3.63) is 43.1 Å². The van der Waals surface area contributed by atoms with Gasteiger partial charge in [0.05, 0.1) is 29.0 Å². The third-order valence-corrected chi connectivity index (χ3v) is 9.81. The zero-order valence-electron chi connectivity index (χ0n) is 28.5. The number of carbonyl (C=O) groups is 4. The highest BCUT2D eigenvalue weighted by Crippen LogP contribution is 2.30. The second-order valence-electron chi connectivity index (χ2n) is 14.6. The number of aromatic nitrogens is 2. The van der Waals surface area contributed by atoms with Crippen LogP contribution in [0.4, 0.5) is 4.79 Å². The fraction of sp³-hybridized carbons (Fsp3) is 0.576. The van der Waals surface area contributed by atoms with E-state index in [0.717, 1.165) is 0 Å². The number of rotatable bonds is 11. The summed E-state index contributed by atoms with van der Waals surface area (Å²) in [7, 11) is -3.91. The van der Waals surface area contributed by atoms with Gasteiger partial charge in [0.1, 0.15) is 29.3 Å². The van der Waals surface area contributed by atoms with Gasteiger partial charge >= 0.3 is 6.09 Å². The minimum Gasteiger partial charge on any atom is -0.471 e. The van der Waals surface area contributed by atoms with Gasteiger partial charge in [-0.3, -0.25) is 19.1 Å². The number of hydrogen-bond acceptors (Lipinski definition) is 10. The lowest BCUT2D eigenvalue weighted by Crippen LogP contribution is -2.62. The molecule has 15 heteroatoms. The van der Waals surface area contributed by atoms with Crippen LogP contribution >= 0.6 is 0 Å². The predicted octanol–water partition coefficient (Wildman–Crippen LogP) is 2.98. The Hall–Kier alpha value is -4.27. The largest absolute Gasteiger partial charge is 0.471 e. The van der Waals surface area contributed by atoms with Crippen LogP contribution in [0.15, 0.2) is 43.1 Å². The molecule has 0 radical (unpaired) electrons. The van der Waals surface area contributed by atoms with Gasteiger partial charge in [-0.2, -0.15) is 0 Å². The maximum Gasteiger partial charge on any atom is 0.408 e. The average Bonchev–Trinajstić information content (AvgIpc) is 3.75. The summed E-state index contributed by atoms with van der Waals surface area (Å²) in [5.74, 6) is -2.02. The van der Waals surface area contributed by atoms with Crippen LogP contribution in [0.25, 0.3) is 11.0 Å². The lowest BCUT2D eigenvalue weighted by molar-refractivity contribution is -0.143. The lowest BCUT2D eigenvalue weighted by Gasteiger charge is -2.36. The number of likely N-dealkylation sites (tertiary alicyclic amines) is 1. The third kappa shape index (κ3) is 8.99. The molecule has 2 aromatic rings. The standard InChI is InChI=1S/C33H46N6O8S/c1-9-16-33(8,29(42)38-48(44,45)21-14-15-21)37-27(40)24-17-20(46-25-18-34-22-12-10-11-13-23(22)35-25)19-39(24)28(41)26(31(2,3)4)36-30(43)47-32(5,6)7/h9-13,18,20-21,24,26H,1,14-17,19H2,2-8H3,(H,36,43)(H,37,40)(H,38,42)/t20-,24+,26-,33-/m1/s1. The van der Waals surface area contributed by atoms with E-state index in [4.69, 9.17) is 9.47 Å². The molecule has 1 aliphatic carbocycles. The van der Waals surface area contributed by atoms with Gasteiger partial charge in [-0.05, 0) is 64.5 Å². The minimum absolute atomic E-state index is 0.00153. The molecule has 2 heterocycles. The van der Waals surface area contributed by atoms with Crippen LogP contribution in [-0.2, 0) is 29.1 Å². The Bertz CT molecular complexity index is 1680. The first-order valence-electron chi connectivity index (χ1n) is 15.9. The summed E-state index contributed by atoms with van der Waals surface area (Å²) in [5.41, 5.74) is -2.09. The first kappa shape index (κ1) is 36.6. The van der Waals surface area contributed by atoms with Crippen LogP contribution in [0.3, 0.4) is 0 Å². The second-order valence-corrected chi connectivity index (χ2v) is 16.6. The molecule has 0 spiro atoms. The summed E-state index contributed by atoms with van der Waals surface area (Å²) in [4.78, 5) is 64.7. The highest BCUT2D eigenvalue weighted by molar-refractivity contribution is 7.90. The van der Waals surface area contributed by atoms with E-state index < -0.39 is 73.8 Å². The highest BCUT2D eigenvalue weighted by Gasteiger charge is 2.48. The van der Waals surface area contributed by atoms with Crippen molar-refractivity contribution in [1.82, 2.24) is 30.2 Å². The highest BCUT2D eigenvalue weighted by atomic mass is 32.2. The van der Waals surface area contributed by atoms with Crippen LogP contribution < -0.4 is 20.1 Å². The number of nitrogens with zero attached hydrogens (tertiary/aromatic N) is 3. The number of alkyl carbamates (subject to hydrolysis) is 1. The molecule has 1 saturated carbocycles. The number of fused-ring (bicyclic) bond motifs is 1. The third-order valence-electron chi connectivity index (χ3n) is 7.99. The van der Waals surface area contributed by atoms with Gasteiger partial charge < -0.3 is 25.0 Å². The summed E-state index contributed by atoms with van der Waals surface area (Å²) in [6.07, 6.45) is 2.12. The van der Waals surface area contributed by atoms with E-state index in [2.05, 4.69) is 31.9 Å². The van der Waals surface area contributed by atoms with Crippen molar-refractivity contribution in [1.29, 1.82) is 0 Å². The van der Waals surface area contributed by atoms with E-state index in [1.807, 2.05) is 12.1 Å². The molecule has 4 atom stereocenters. The van der Waals surface area contributed by atoms with Crippen molar-refractivity contribution in [2.75, 3.05) is 6.54 Å². The van der Waals surface area contributed by atoms with Crippen LogP contribution in [0, 0.1) is 5.41 Å². The zero-order valence-corrected chi connectivity index (χ0v) is 29.3. The first-order chi connectivity index (χ1) is 22.2. The molecule has 3 N–H and O–H groups in total. The van der Waals surface area contributed by atoms with Gasteiger partial charge in [0.2, 0.25) is 27.7 Å². The van der Waals surface area contributed by atoms with Gasteiger partial charge in [-0.1, -0.05) is 39.0 Å². The number of ether oxygens (including phenoxy) is 2. The molecule has 2 fully saturated rings. The second kappa shape index (κ2) is 13.7. The number of carbonyl (C=O) groups excluding carboxylic acids is 4. The average molecular weight is 687 g/mol. The van der Waals surface area contributed by atoms with E-state index in [1.54, 1.807) is 53.7 Å². The molecule has 14 nitrogen and oxygen atoms in total. The van der Waals surface area contributed by atoms with Gasteiger partial charge in [0.15, 0.2) is 0 Å². The fourth-order valence-electron chi connectivity index (χ4n) is 5.33. The Morgan fingerprint density at radius 1 is 1.06 bits per heavy atom. The molecule has 4 amide bonds. The van der Waals surface area contributed by atoms with Crippen molar-refractivity contribution in [2.24, 2.45) is 5.41 Å². The number of benzene rings is 1. The van der Waals surface area contributed by atoms with Crippen molar-refractivity contribution in [3.8, 4) is 5.88 Å². The fourth-order valence-corrected chi connectivity index (χ4v) is 6.74. The molecular formula is C33H46N6O8S. The lowest BCUT2D eigenvalue weighted by atomic mass is 9.85. The number of hydrogen-bond donors (Lipinski definition) is 3. The SMILES string of the molecule is C=CC[C@@](C)(NC(=O)[C@@H]1C[C@@H](Oc2cnc3ccccc3n2)CN1C(=O)[C@@H](NC(=O)OC(C)(C)C)C(C)(C)C)C(=O)NS(=O)(=O)C1CC1. The Kier molecular flexibility index (Phi) is 10.4. The number of nitrogens with one attached hydrogen (secondary N) is 3. The molecule has 48 heavy (non-hydrogen) atoms. The zero-order chi connectivity index (χ0) is 35.7. The summed E-state index contributed by atoms with van der Waals surface area (Å²) in [5, 5.41) is 4.70. The Labute approximate surface area is 281 Å². The quantitative estimate of drug-likeness (QED) is 0.297. The normalized spacial score (nSPS) is 20.3. The smallest absolute Gasteiger partial charge is 0.408 e. The Morgan fingerprint density at radius 2 is 1.71 bits per heavy atom. The summed E-state index contributed by atoms with van der Waals surface area (Å²) >= 11 is 0. The van der Waals surface area contributed by atoms with E-state index in [-0.39, 0.29) is 25.3 Å². The van der Waals surface area contributed by atoms with Crippen molar-refractivity contribution < 1.29 is 37.1 Å². The van der Waals surface area contributed by atoms with Crippen molar-refractivity contribution >= 4 is 44.9 Å². The van der Waals surface area contributed by atoms with E-state index in [0.29, 0.717) is 23.9 Å². The molecule has 0 unspecified atom stereocenters. The van der Waals surface area contributed by atoms with Gasteiger partial charge in [-0.25, -0.2) is 23.2 Å². The molecule has 1 aliphatic heterocycles. The Balaban J connectivity index is 1.63. The molecule has 262 valence electrons. The van der Waals surface area contributed by atoms with Crippen molar-refractivity contribution in [2.45, 2.75) is 109 Å². The molecule has 1 saturated heterocycles. The molecule has 0 bridgehead atoms. The molecule has 2 aliphatic rings. The maximum absolute atomic E-state index is 14.3. The molecule has 4 rings (SSSR count). The topological polar surface area (TPSA) is 186 Å². The summed E-state index contributed by atoms with van der Waals surface area (Å²) in [6.45, 7) is 15.4. The van der Waals surface area contributed by atoms with Crippen LogP contribution in [0.2, 0.25) is 0 Å². The number of sulfonamides is 1. The molecule has 1 aromatic carbocycles. The molecule has 1 aromatic heterocycles. The number of amides is 4. The monoisotopic (exact) mass is 686 g/mol. The summed E-state index contributed by atoms with van der Waals surface area (Å²) < 4.78 is 38.8. The van der Waals surface area contributed by atoms with Crippen LogP contribution in [-0.4, -0.2) is 88.2 Å². The van der Waals surface area contributed by atoms with Crippen molar-refractivity contribution in [3.63, 3.8) is 0 Å². The predicted molar refractivity (Wildman–Crippen MR) is 178 cm³/mol. The van der Waals surface area contributed by atoms with Gasteiger partial charge in [0.25, 0.3) is 5.91 Å². The molecular weight excluding hydrogens is 640 g/mol. The first-order valence-corrected chi connectivity index (χ1v) is 17.4. The van der Waals surface area contributed by atoms with E-state index in [9.17, 15) is 27.6 Å². The van der Waals surface area contributed by atoms with Crippen LogP contribution in [0.5, 0.6) is 5.88 Å². The maximum atomic E-state index is 14.3. The van der Waals surface area contributed by atoms with E-state index in [1.165, 1.54) is 24.1 Å².